The molecule has 0 unspecified atom stereocenters. The van der Waals surface area contributed by atoms with Crippen LogP contribution in [0.3, 0.4) is 0 Å². The van der Waals surface area contributed by atoms with E-state index in [-0.39, 0.29) is 5.41 Å². The van der Waals surface area contributed by atoms with Crippen molar-refractivity contribution < 1.29 is 4.79 Å². The van der Waals surface area contributed by atoms with Gasteiger partial charge in [0.25, 0.3) is 0 Å². The number of rotatable bonds is 1. The number of aromatic nitrogens is 2. The van der Waals surface area contributed by atoms with E-state index in [1.54, 1.807) is 0 Å². The van der Waals surface area contributed by atoms with Crippen LogP contribution in [0.4, 0.5) is 0 Å². The minimum atomic E-state index is -0.0207. The van der Waals surface area contributed by atoms with Crippen molar-refractivity contribution in [2.75, 3.05) is 0 Å². The highest BCUT2D eigenvalue weighted by Gasteiger charge is 2.20. The Hall–Kier alpha value is -0.640. The van der Waals surface area contributed by atoms with Crippen LogP contribution in [0.25, 0.3) is 0 Å². The smallest absolute Gasteiger partial charge is 0.185 e. The molecule has 0 saturated heterocycles. The van der Waals surface area contributed by atoms with Crippen molar-refractivity contribution >= 4 is 22.2 Å². The molecule has 0 saturated carbocycles. The summed E-state index contributed by atoms with van der Waals surface area (Å²) in [5, 5.41) is 0. The van der Waals surface area contributed by atoms with Gasteiger partial charge in [-0.05, 0) is 15.9 Å². The Kier molecular flexibility index (Phi) is 2.37. The lowest BCUT2D eigenvalue weighted by molar-refractivity contribution is 0.111. The van der Waals surface area contributed by atoms with E-state index in [2.05, 4.69) is 46.7 Å². The Morgan fingerprint density at radius 2 is 2.08 bits per heavy atom. The van der Waals surface area contributed by atoms with Crippen LogP contribution in [-0.4, -0.2) is 16.3 Å². The molecule has 0 atom stereocenters. The van der Waals surface area contributed by atoms with Gasteiger partial charge in [-0.3, -0.25) is 4.79 Å². The molecule has 66 valence electrons. The molecule has 1 aromatic rings. The monoisotopic (exact) mass is 230 g/mol. The second-order valence-electron chi connectivity index (χ2n) is 3.66. The minimum absolute atomic E-state index is 0.0207. The molecule has 0 spiro atoms. The predicted molar refractivity (Wildman–Crippen MR) is 50.4 cm³/mol. The first-order chi connectivity index (χ1) is 5.45. The van der Waals surface area contributed by atoms with Crippen molar-refractivity contribution in [2.24, 2.45) is 0 Å². The zero-order valence-electron chi connectivity index (χ0n) is 7.31. The maximum Gasteiger partial charge on any atom is 0.185 e. The summed E-state index contributed by atoms with van der Waals surface area (Å²) in [6.07, 6.45) is 0.708. The van der Waals surface area contributed by atoms with Gasteiger partial charge in [0, 0.05) is 5.41 Å². The summed E-state index contributed by atoms with van der Waals surface area (Å²) in [6.45, 7) is 6.17. The Balaban J connectivity index is 3.16. The Labute approximate surface area is 79.7 Å². The number of aldehydes is 1. The van der Waals surface area contributed by atoms with E-state index >= 15 is 0 Å². The van der Waals surface area contributed by atoms with Crippen LogP contribution in [0.15, 0.2) is 4.60 Å². The van der Waals surface area contributed by atoms with Crippen LogP contribution < -0.4 is 0 Å². The average molecular weight is 231 g/mol. The van der Waals surface area contributed by atoms with Gasteiger partial charge in [0.05, 0.1) is 5.69 Å². The third-order valence-corrected chi connectivity index (χ3v) is 2.11. The van der Waals surface area contributed by atoms with Crippen LogP contribution in [0.1, 0.15) is 37.1 Å². The number of imidazole rings is 1. The van der Waals surface area contributed by atoms with E-state index in [4.69, 9.17) is 0 Å². The van der Waals surface area contributed by atoms with Crippen LogP contribution in [0.2, 0.25) is 0 Å². The highest BCUT2D eigenvalue weighted by Crippen LogP contribution is 2.26. The van der Waals surface area contributed by atoms with Crippen molar-refractivity contribution in [3.63, 3.8) is 0 Å². The summed E-state index contributed by atoms with van der Waals surface area (Å²) >= 11 is 3.29. The molecule has 1 N–H and O–H groups in total. The highest BCUT2D eigenvalue weighted by atomic mass is 79.9. The van der Waals surface area contributed by atoms with E-state index in [0.717, 1.165) is 10.3 Å². The van der Waals surface area contributed by atoms with Gasteiger partial charge in [0.15, 0.2) is 12.1 Å². The predicted octanol–water partition coefficient (Wildman–Crippen LogP) is 2.28. The molecule has 12 heavy (non-hydrogen) atoms. The summed E-state index contributed by atoms with van der Waals surface area (Å²) in [4.78, 5) is 17.3. The molecule has 0 fully saturated rings. The topological polar surface area (TPSA) is 45.8 Å². The Morgan fingerprint density at radius 1 is 1.50 bits per heavy atom. The highest BCUT2D eigenvalue weighted by molar-refractivity contribution is 9.10. The molecule has 0 aromatic carbocycles. The van der Waals surface area contributed by atoms with Gasteiger partial charge in [-0.25, -0.2) is 4.98 Å². The van der Waals surface area contributed by atoms with Gasteiger partial charge < -0.3 is 4.98 Å². The molecule has 3 nitrogen and oxygen atoms in total. The number of carbonyl (C=O) groups excluding carboxylic acids is 1. The molecule has 4 heteroatoms. The Bertz CT molecular complexity index is 298. The second-order valence-corrected chi connectivity index (χ2v) is 4.41. The van der Waals surface area contributed by atoms with Crippen molar-refractivity contribution in [1.82, 2.24) is 9.97 Å². The summed E-state index contributed by atoms with van der Waals surface area (Å²) in [5.41, 5.74) is 0.928. The number of carbonyl (C=O) groups is 1. The van der Waals surface area contributed by atoms with Crippen molar-refractivity contribution in [3.05, 3.63) is 16.1 Å². The third-order valence-electron chi connectivity index (χ3n) is 1.54. The minimum Gasteiger partial charge on any atom is -0.338 e. The maximum absolute atomic E-state index is 10.4. The zero-order chi connectivity index (χ0) is 9.35. The van der Waals surface area contributed by atoms with Crippen molar-refractivity contribution in [3.8, 4) is 0 Å². The van der Waals surface area contributed by atoms with Crippen molar-refractivity contribution in [1.29, 1.82) is 0 Å². The fraction of sp³-hybridized carbons (Fsp3) is 0.500. The second kappa shape index (κ2) is 3.01. The quantitative estimate of drug-likeness (QED) is 0.753. The number of aromatic amines is 1. The van der Waals surface area contributed by atoms with Gasteiger partial charge >= 0.3 is 0 Å². The van der Waals surface area contributed by atoms with E-state index in [9.17, 15) is 4.79 Å². The standard InChI is InChI=1S/C8H11BrN2O/c1-8(2,3)6-7(9)11-5(4-12)10-6/h4H,1-3H3,(H,10,11). The first kappa shape index (κ1) is 9.45. The summed E-state index contributed by atoms with van der Waals surface area (Å²) in [7, 11) is 0. The molecule has 0 radical (unpaired) electrons. The van der Waals surface area contributed by atoms with Gasteiger partial charge in [0.2, 0.25) is 0 Å². The molecule has 0 aliphatic heterocycles. The summed E-state index contributed by atoms with van der Waals surface area (Å²) in [6, 6.07) is 0. The summed E-state index contributed by atoms with van der Waals surface area (Å²) < 4.78 is 0.720. The number of nitrogens with one attached hydrogen (secondary N) is 1. The van der Waals surface area contributed by atoms with Crippen LogP contribution in [0, 0.1) is 0 Å². The van der Waals surface area contributed by atoms with Crippen molar-refractivity contribution in [2.45, 2.75) is 26.2 Å². The third kappa shape index (κ3) is 1.75. The van der Waals surface area contributed by atoms with Crippen LogP contribution in [0.5, 0.6) is 0 Å². The normalized spacial score (nSPS) is 11.7. The van der Waals surface area contributed by atoms with Crippen LogP contribution >= 0.6 is 15.9 Å². The number of hydrogen-bond donors (Lipinski definition) is 1. The van der Waals surface area contributed by atoms with Crippen LogP contribution in [-0.2, 0) is 5.41 Å². The molecule has 0 aliphatic carbocycles. The average Bonchev–Trinajstić information content (AvgIpc) is 2.29. The van der Waals surface area contributed by atoms with E-state index in [0.29, 0.717) is 12.1 Å². The zero-order valence-corrected chi connectivity index (χ0v) is 8.90. The number of H-pyrrole nitrogens is 1. The van der Waals surface area contributed by atoms with E-state index < -0.39 is 0 Å². The van der Waals surface area contributed by atoms with Gasteiger partial charge in [-0.2, -0.15) is 0 Å². The lowest BCUT2D eigenvalue weighted by Crippen LogP contribution is -2.12. The summed E-state index contributed by atoms with van der Waals surface area (Å²) in [5.74, 6) is 0.367. The van der Waals surface area contributed by atoms with E-state index in [1.807, 2.05) is 0 Å². The Morgan fingerprint density at radius 3 is 2.33 bits per heavy atom. The van der Waals surface area contributed by atoms with Gasteiger partial charge in [-0.1, -0.05) is 20.8 Å². The SMILES string of the molecule is CC(C)(C)c1[nH]c(C=O)nc1Br. The number of nitrogens with zero attached hydrogens (tertiary/aromatic N) is 1. The van der Waals surface area contributed by atoms with E-state index in [1.165, 1.54) is 0 Å². The molecule has 1 heterocycles. The molecular formula is C8H11BrN2O. The fourth-order valence-corrected chi connectivity index (χ4v) is 1.81. The molecule has 1 aromatic heterocycles. The molecular weight excluding hydrogens is 220 g/mol. The van der Waals surface area contributed by atoms with Gasteiger partial charge in [0.1, 0.15) is 4.60 Å². The molecule has 0 amide bonds. The van der Waals surface area contributed by atoms with Gasteiger partial charge in [-0.15, -0.1) is 0 Å². The fourth-order valence-electron chi connectivity index (χ4n) is 0.922. The lowest BCUT2D eigenvalue weighted by Gasteiger charge is -2.16. The number of hydrogen-bond acceptors (Lipinski definition) is 2. The molecule has 0 bridgehead atoms. The molecule has 1 rings (SSSR count). The maximum atomic E-state index is 10.4. The largest absolute Gasteiger partial charge is 0.338 e. The number of halogens is 1. The molecule has 0 aliphatic rings. The first-order valence-electron chi connectivity index (χ1n) is 3.66. The lowest BCUT2D eigenvalue weighted by atomic mass is 9.93. The first-order valence-corrected chi connectivity index (χ1v) is 4.45.